The third-order valence-electron chi connectivity index (χ3n) is 6.34. The van der Waals surface area contributed by atoms with E-state index in [-0.39, 0.29) is 11.8 Å². The van der Waals surface area contributed by atoms with Crippen LogP contribution >= 0.6 is 11.3 Å². The first-order valence-electron chi connectivity index (χ1n) is 10.0. The molecule has 1 amide bonds. The molecule has 0 N–H and O–H groups in total. The van der Waals surface area contributed by atoms with Gasteiger partial charge in [-0.1, -0.05) is 72.0 Å². The number of hydrogen-bond donors (Lipinski definition) is 0. The van der Waals surface area contributed by atoms with Crippen molar-refractivity contribution in [1.82, 2.24) is 10.2 Å². The van der Waals surface area contributed by atoms with Gasteiger partial charge in [-0.05, 0) is 39.9 Å². The van der Waals surface area contributed by atoms with E-state index in [1.165, 1.54) is 11.3 Å². The molecule has 1 aromatic heterocycles. The van der Waals surface area contributed by atoms with Crippen molar-refractivity contribution in [1.29, 1.82) is 5.26 Å². The first-order valence-corrected chi connectivity index (χ1v) is 10.9. The summed E-state index contributed by atoms with van der Waals surface area (Å²) in [6.45, 7) is 0. The van der Waals surface area contributed by atoms with Gasteiger partial charge in [0.1, 0.15) is 11.0 Å². The van der Waals surface area contributed by atoms with Gasteiger partial charge in [0, 0.05) is 12.3 Å². The summed E-state index contributed by atoms with van der Waals surface area (Å²) in [5.41, 5.74) is 7.07. The number of hydrogen-bond acceptors (Lipinski definition) is 5. The Labute approximate surface area is 183 Å². The van der Waals surface area contributed by atoms with Crippen LogP contribution in [-0.2, 0) is 11.2 Å². The topological polar surface area (TPSA) is 69.7 Å². The third kappa shape index (κ3) is 2.57. The molecular formula is C25H16N4OS. The SMILES string of the molecule is N#Cc1ccc2c(c1)[C@H](c1ccc(-c3ccccc3)cc1)[C@@]1(C2)C(=O)N1c1nncs1. The quantitative estimate of drug-likeness (QED) is 0.456. The van der Waals surface area contributed by atoms with Crippen LogP contribution in [0.15, 0.2) is 78.3 Å². The number of rotatable bonds is 3. The van der Waals surface area contributed by atoms with Crippen LogP contribution in [-0.4, -0.2) is 21.6 Å². The number of fused-ring (bicyclic) bond motifs is 1. The standard InChI is InChI=1S/C25H16N4OS/c26-14-16-6-7-20-13-25(23(30)29(25)24-28-27-15-31-24)22(21(20)12-16)19-10-8-18(9-11-19)17-4-2-1-3-5-17/h1-12,15,22H,13H2/t22-,25-,29?/m0/s1. The minimum atomic E-state index is -0.690. The lowest BCUT2D eigenvalue weighted by molar-refractivity contribution is -0.111. The van der Waals surface area contributed by atoms with Crippen molar-refractivity contribution in [2.45, 2.75) is 17.9 Å². The van der Waals surface area contributed by atoms with Gasteiger partial charge in [-0.2, -0.15) is 5.26 Å². The van der Waals surface area contributed by atoms with E-state index in [2.05, 4.69) is 52.7 Å². The molecule has 6 rings (SSSR count). The number of nitrogens with zero attached hydrogens (tertiary/aromatic N) is 4. The van der Waals surface area contributed by atoms with Gasteiger partial charge in [0.25, 0.3) is 5.91 Å². The second-order valence-electron chi connectivity index (χ2n) is 7.91. The zero-order valence-electron chi connectivity index (χ0n) is 16.4. The van der Waals surface area contributed by atoms with E-state index in [1.54, 1.807) is 10.4 Å². The number of aromatic nitrogens is 2. The maximum absolute atomic E-state index is 13.2. The molecule has 5 nitrogen and oxygen atoms in total. The van der Waals surface area contributed by atoms with Gasteiger partial charge in [-0.3, -0.25) is 9.69 Å². The normalized spacial score (nSPS) is 21.2. The molecule has 2 aliphatic rings. The predicted molar refractivity (Wildman–Crippen MR) is 119 cm³/mol. The summed E-state index contributed by atoms with van der Waals surface area (Å²) in [5, 5.41) is 18.1. The largest absolute Gasteiger partial charge is 0.272 e. The van der Waals surface area contributed by atoms with E-state index in [1.807, 2.05) is 36.4 Å². The van der Waals surface area contributed by atoms with Crippen molar-refractivity contribution in [3.05, 3.63) is 101 Å². The molecule has 4 aromatic rings. The Morgan fingerprint density at radius 1 is 1.03 bits per heavy atom. The lowest BCUT2D eigenvalue weighted by Crippen LogP contribution is -2.25. The number of anilines is 1. The zero-order chi connectivity index (χ0) is 21.0. The highest BCUT2D eigenvalue weighted by Gasteiger charge is 2.71. The maximum Gasteiger partial charge on any atom is 0.257 e. The summed E-state index contributed by atoms with van der Waals surface area (Å²) in [4.78, 5) is 15.0. The summed E-state index contributed by atoms with van der Waals surface area (Å²) in [6, 6.07) is 26.6. The molecule has 2 heterocycles. The zero-order valence-corrected chi connectivity index (χ0v) is 17.2. The van der Waals surface area contributed by atoms with Crippen molar-refractivity contribution in [2.75, 3.05) is 4.90 Å². The summed E-state index contributed by atoms with van der Waals surface area (Å²) in [6.07, 6.45) is 0.609. The fourth-order valence-corrected chi connectivity index (χ4v) is 5.53. The third-order valence-corrected chi connectivity index (χ3v) is 7.01. The average molecular weight is 420 g/mol. The number of nitriles is 1. The Morgan fingerprint density at radius 2 is 1.81 bits per heavy atom. The second-order valence-corrected chi connectivity index (χ2v) is 8.72. The molecule has 1 fully saturated rings. The van der Waals surface area contributed by atoms with E-state index in [0.29, 0.717) is 17.1 Å². The fraction of sp³-hybridized carbons (Fsp3) is 0.120. The van der Waals surface area contributed by atoms with Crippen molar-refractivity contribution < 1.29 is 4.79 Å². The van der Waals surface area contributed by atoms with Crippen LogP contribution in [0.25, 0.3) is 11.1 Å². The predicted octanol–water partition coefficient (Wildman–Crippen LogP) is 4.55. The Hall–Kier alpha value is -3.82. The molecule has 31 heavy (non-hydrogen) atoms. The Kier molecular flexibility index (Phi) is 3.83. The number of amides is 1. The summed E-state index contributed by atoms with van der Waals surface area (Å²) in [5.74, 6) is -0.0897. The highest BCUT2D eigenvalue weighted by atomic mass is 32.1. The van der Waals surface area contributed by atoms with Crippen LogP contribution in [0.1, 0.15) is 28.2 Å². The van der Waals surface area contributed by atoms with Crippen LogP contribution in [0.2, 0.25) is 0 Å². The van der Waals surface area contributed by atoms with Crippen LogP contribution in [0.4, 0.5) is 5.13 Å². The molecule has 0 unspecified atom stereocenters. The second kappa shape index (κ2) is 6.59. The smallest absolute Gasteiger partial charge is 0.257 e. The maximum atomic E-state index is 13.2. The Morgan fingerprint density at radius 3 is 2.52 bits per heavy atom. The molecule has 2 atom stereocenters. The molecule has 6 heteroatoms. The van der Waals surface area contributed by atoms with Gasteiger partial charge in [-0.15, -0.1) is 10.2 Å². The molecule has 1 spiro atoms. The molecule has 0 radical (unpaired) electrons. The van der Waals surface area contributed by atoms with Gasteiger partial charge < -0.3 is 0 Å². The minimum Gasteiger partial charge on any atom is -0.272 e. The van der Waals surface area contributed by atoms with Gasteiger partial charge in [0.05, 0.1) is 11.6 Å². The van der Waals surface area contributed by atoms with E-state index >= 15 is 0 Å². The van der Waals surface area contributed by atoms with E-state index in [4.69, 9.17) is 0 Å². The van der Waals surface area contributed by atoms with E-state index < -0.39 is 5.54 Å². The lowest BCUT2D eigenvalue weighted by Gasteiger charge is -2.20. The van der Waals surface area contributed by atoms with Gasteiger partial charge in [-0.25, -0.2) is 0 Å². The molecule has 1 saturated heterocycles. The number of benzene rings is 3. The van der Waals surface area contributed by atoms with Crippen molar-refractivity contribution in [3.8, 4) is 17.2 Å². The average Bonchev–Trinajstić information content (AvgIpc) is 3.19. The molecular weight excluding hydrogens is 404 g/mol. The van der Waals surface area contributed by atoms with Crippen LogP contribution < -0.4 is 4.90 Å². The number of carbonyl (C=O) groups excluding carboxylic acids is 1. The molecule has 1 aliphatic carbocycles. The summed E-state index contributed by atoms with van der Waals surface area (Å²) >= 11 is 1.37. The number of carbonyl (C=O) groups is 1. The van der Waals surface area contributed by atoms with Crippen molar-refractivity contribution >= 4 is 22.4 Å². The monoisotopic (exact) mass is 420 g/mol. The minimum absolute atomic E-state index is 0.0658. The van der Waals surface area contributed by atoms with E-state index in [0.717, 1.165) is 27.8 Å². The molecule has 0 bridgehead atoms. The van der Waals surface area contributed by atoms with Crippen LogP contribution in [0.5, 0.6) is 0 Å². The van der Waals surface area contributed by atoms with Gasteiger partial charge in [0.15, 0.2) is 0 Å². The van der Waals surface area contributed by atoms with E-state index in [9.17, 15) is 10.1 Å². The van der Waals surface area contributed by atoms with Crippen molar-refractivity contribution in [2.24, 2.45) is 0 Å². The first kappa shape index (κ1) is 18.0. The highest BCUT2D eigenvalue weighted by Crippen LogP contribution is 2.58. The van der Waals surface area contributed by atoms with Gasteiger partial charge >= 0.3 is 0 Å². The summed E-state index contributed by atoms with van der Waals surface area (Å²) in [7, 11) is 0. The summed E-state index contributed by atoms with van der Waals surface area (Å²) < 4.78 is 0. The molecule has 1 aliphatic heterocycles. The molecule has 0 saturated carbocycles. The Balaban J connectivity index is 1.47. The van der Waals surface area contributed by atoms with Crippen molar-refractivity contribution in [3.63, 3.8) is 0 Å². The Bertz CT molecular complexity index is 1340. The van der Waals surface area contributed by atoms with Gasteiger partial charge in [0.2, 0.25) is 5.13 Å². The fourth-order valence-electron chi connectivity index (χ4n) is 4.90. The van der Waals surface area contributed by atoms with Crippen LogP contribution in [0.3, 0.4) is 0 Å². The van der Waals surface area contributed by atoms with Crippen LogP contribution in [0, 0.1) is 11.3 Å². The highest BCUT2D eigenvalue weighted by molar-refractivity contribution is 7.13. The first-order chi connectivity index (χ1) is 15.2. The molecule has 3 aromatic carbocycles. The lowest BCUT2D eigenvalue weighted by atomic mass is 9.84. The molecule has 148 valence electrons.